The smallest absolute Gasteiger partial charge is 0.285 e. The Bertz CT molecular complexity index is 1170. The quantitative estimate of drug-likeness (QED) is 0.698. The number of fused-ring (bicyclic) bond motifs is 1. The van der Waals surface area contributed by atoms with E-state index in [2.05, 4.69) is 17.4 Å². The van der Waals surface area contributed by atoms with Crippen molar-refractivity contribution in [2.24, 2.45) is 10.3 Å². The van der Waals surface area contributed by atoms with Crippen LogP contribution in [0.2, 0.25) is 0 Å². The van der Waals surface area contributed by atoms with E-state index >= 15 is 0 Å². The summed E-state index contributed by atoms with van der Waals surface area (Å²) in [6, 6.07) is 16.3. The highest BCUT2D eigenvalue weighted by molar-refractivity contribution is 7.90. The lowest BCUT2D eigenvalue weighted by atomic mass is 9.94. The standard InChI is InChI=1S/C24H26N4O3S/c1-2-13-28(17-19-9-7-18(16-25)8-10-19)24(29)20-11-14-27(15-12-20)23-21-5-3-4-6-22(21)32(30,31)26-23/h3-10,20H,2,11-15,17H2,1H3. The minimum absolute atomic E-state index is 0.0926. The zero-order valence-corrected chi connectivity index (χ0v) is 18.9. The van der Waals surface area contributed by atoms with E-state index in [4.69, 9.17) is 5.26 Å². The van der Waals surface area contributed by atoms with Crippen LogP contribution in [-0.2, 0) is 21.4 Å². The fourth-order valence-electron chi connectivity index (χ4n) is 4.36. The molecule has 0 spiro atoms. The predicted octanol–water partition coefficient (Wildman–Crippen LogP) is 3.16. The molecule has 1 fully saturated rings. The molecule has 2 aromatic rings. The number of likely N-dealkylation sites (tertiary alicyclic amines) is 1. The average molecular weight is 451 g/mol. The van der Waals surface area contributed by atoms with Gasteiger partial charge in [0.15, 0.2) is 5.84 Å². The van der Waals surface area contributed by atoms with Crippen LogP contribution in [0.15, 0.2) is 57.8 Å². The highest BCUT2D eigenvalue weighted by Gasteiger charge is 2.35. The number of nitrogens with zero attached hydrogens (tertiary/aromatic N) is 4. The molecule has 32 heavy (non-hydrogen) atoms. The van der Waals surface area contributed by atoms with Crippen molar-refractivity contribution in [3.63, 3.8) is 0 Å². The molecule has 0 saturated carbocycles. The van der Waals surface area contributed by atoms with Crippen LogP contribution in [0.5, 0.6) is 0 Å². The summed E-state index contributed by atoms with van der Waals surface area (Å²) < 4.78 is 28.7. The molecule has 2 heterocycles. The fraction of sp³-hybridized carbons (Fsp3) is 0.375. The Kier molecular flexibility index (Phi) is 6.28. The molecule has 2 aromatic carbocycles. The summed E-state index contributed by atoms with van der Waals surface area (Å²) in [6.07, 6.45) is 2.19. The SMILES string of the molecule is CCCN(Cc1ccc(C#N)cc1)C(=O)C1CCN(C2=NS(=O)(=O)c3ccccc32)CC1. The number of amides is 1. The number of benzene rings is 2. The lowest BCUT2D eigenvalue weighted by molar-refractivity contribution is -0.137. The number of hydrogen-bond acceptors (Lipinski definition) is 5. The third kappa shape index (κ3) is 4.39. The molecule has 0 bridgehead atoms. The van der Waals surface area contributed by atoms with E-state index in [1.54, 1.807) is 30.3 Å². The molecule has 2 aliphatic heterocycles. The summed E-state index contributed by atoms with van der Waals surface area (Å²) in [5.41, 5.74) is 2.25. The van der Waals surface area contributed by atoms with Crippen LogP contribution in [0.3, 0.4) is 0 Å². The van der Waals surface area contributed by atoms with Gasteiger partial charge in [0.1, 0.15) is 4.90 Å². The normalized spacial score (nSPS) is 17.4. The number of piperidine rings is 1. The summed E-state index contributed by atoms with van der Waals surface area (Å²) in [5, 5.41) is 8.98. The molecule has 0 atom stereocenters. The largest absolute Gasteiger partial charge is 0.355 e. The highest BCUT2D eigenvalue weighted by Crippen LogP contribution is 2.30. The molecule has 0 aliphatic carbocycles. The molecule has 166 valence electrons. The molecule has 7 nitrogen and oxygen atoms in total. The third-order valence-corrected chi connectivity index (χ3v) is 7.34. The van der Waals surface area contributed by atoms with Gasteiger partial charge in [0.25, 0.3) is 10.0 Å². The van der Waals surface area contributed by atoms with Crippen molar-refractivity contribution in [1.29, 1.82) is 5.26 Å². The first-order valence-electron chi connectivity index (χ1n) is 10.9. The minimum atomic E-state index is -3.64. The number of sulfonamides is 1. The van der Waals surface area contributed by atoms with E-state index in [0.717, 1.165) is 12.0 Å². The van der Waals surface area contributed by atoms with Crippen molar-refractivity contribution in [2.45, 2.75) is 37.6 Å². The van der Waals surface area contributed by atoms with Gasteiger partial charge in [-0.15, -0.1) is 4.40 Å². The lowest BCUT2D eigenvalue weighted by Gasteiger charge is -2.35. The van der Waals surface area contributed by atoms with Crippen molar-refractivity contribution >= 4 is 21.8 Å². The minimum Gasteiger partial charge on any atom is -0.355 e. The molecular formula is C24H26N4O3S. The number of rotatable bonds is 5. The zero-order valence-electron chi connectivity index (χ0n) is 18.1. The summed E-state index contributed by atoms with van der Waals surface area (Å²) in [6.45, 7) is 4.44. The maximum Gasteiger partial charge on any atom is 0.285 e. The van der Waals surface area contributed by atoms with Gasteiger partial charge >= 0.3 is 0 Å². The number of carbonyl (C=O) groups is 1. The van der Waals surface area contributed by atoms with Gasteiger partial charge in [0, 0.05) is 37.7 Å². The van der Waals surface area contributed by atoms with Crippen LogP contribution in [0.25, 0.3) is 0 Å². The third-order valence-electron chi connectivity index (χ3n) is 6.02. The Balaban J connectivity index is 1.42. The first-order valence-corrected chi connectivity index (χ1v) is 12.3. The van der Waals surface area contributed by atoms with Crippen molar-refractivity contribution in [3.8, 4) is 6.07 Å². The average Bonchev–Trinajstić information content (AvgIpc) is 3.10. The Morgan fingerprint density at radius 2 is 1.84 bits per heavy atom. The van der Waals surface area contributed by atoms with E-state index in [1.807, 2.05) is 28.0 Å². The molecule has 4 rings (SSSR count). The maximum absolute atomic E-state index is 13.3. The first kappa shape index (κ1) is 22.0. The predicted molar refractivity (Wildman–Crippen MR) is 121 cm³/mol. The van der Waals surface area contributed by atoms with Gasteiger partial charge in [-0.3, -0.25) is 4.79 Å². The molecule has 0 N–H and O–H groups in total. The van der Waals surface area contributed by atoms with Gasteiger partial charge in [0.2, 0.25) is 5.91 Å². The van der Waals surface area contributed by atoms with Crippen molar-refractivity contribution < 1.29 is 13.2 Å². The van der Waals surface area contributed by atoms with Gasteiger partial charge in [-0.1, -0.05) is 31.2 Å². The Morgan fingerprint density at radius 1 is 1.16 bits per heavy atom. The summed E-state index contributed by atoms with van der Waals surface area (Å²) in [4.78, 5) is 17.4. The zero-order chi connectivity index (χ0) is 22.7. The molecule has 8 heteroatoms. The van der Waals surface area contributed by atoms with E-state index in [-0.39, 0.29) is 16.7 Å². The highest BCUT2D eigenvalue weighted by atomic mass is 32.2. The van der Waals surface area contributed by atoms with Crippen molar-refractivity contribution in [2.75, 3.05) is 19.6 Å². The van der Waals surface area contributed by atoms with Gasteiger partial charge in [-0.05, 0) is 49.1 Å². The Labute approximate surface area is 189 Å². The van der Waals surface area contributed by atoms with Crippen LogP contribution in [0, 0.1) is 17.2 Å². The first-order chi connectivity index (χ1) is 15.4. The summed E-state index contributed by atoms with van der Waals surface area (Å²) in [7, 11) is -3.64. The maximum atomic E-state index is 13.3. The summed E-state index contributed by atoms with van der Waals surface area (Å²) >= 11 is 0. The number of amidine groups is 1. The van der Waals surface area contributed by atoms with Gasteiger partial charge in [-0.2, -0.15) is 13.7 Å². The molecule has 0 radical (unpaired) electrons. The molecule has 1 amide bonds. The molecule has 1 saturated heterocycles. The Morgan fingerprint density at radius 3 is 2.50 bits per heavy atom. The monoisotopic (exact) mass is 450 g/mol. The molecule has 2 aliphatic rings. The van der Waals surface area contributed by atoms with Crippen LogP contribution < -0.4 is 0 Å². The molecule has 0 unspecified atom stereocenters. The van der Waals surface area contributed by atoms with Gasteiger partial charge in [0.05, 0.1) is 11.6 Å². The lowest BCUT2D eigenvalue weighted by Crippen LogP contribution is -2.44. The van der Waals surface area contributed by atoms with E-state index in [0.29, 0.717) is 56.0 Å². The second kappa shape index (κ2) is 9.13. The van der Waals surface area contributed by atoms with E-state index in [1.165, 1.54) is 0 Å². The second-order valence-electron chi connectivity index (χ2n) is 8.22. The molecular weight excluding hydrogens is 424 g/mol. The van der Waals surface area contributed by atoms with Crippen molar-refractivity contribution in [3.05, 3.63) is 65.2 Å². The number of carbonyl (C=O) groups excluding carboxylic acids is 1. The molecule has 0 aromatic heterocycles. The van der Waals surface area contributed by atoms with E-state index < -0.39 is 10.0 Å². The van der Waals surface area contributed by atoms with Crippen LogP contribution in [0.4, 0.5) is 0 Å². The van der Waals surface area contributed by atoms with E-state index in [9.17, 15) is 13.2 Å². The second-order valence-corrected chi connectivity index (χ2v) is 9.79. The topological polar surface area (TPSA) is 93.8 Å². The van der Waals surface area contributed by atoms with Crippen LogP contribution >= 0.6 is 0 Å². The fourth-order valence-corrected chi connectivity index (χ4v) is 5.58. The summed E-state index contributed by atoms with van der Waals surface area (Å²) in [5.74, 6) is 0.539. The van der Waals surface area contributed by atoms with Crippen LogP contribution in [0.1, 0.15) is 42.9 Å². The number of nitriles is 1. The number of hydrogen-bond donors (Lipinski definition) is 0. The Hall–Kier alpha value is -3.18. The van der Waals surface area contributed by atoms with Crippen LogP contribution in [-0.4, -0.2) is 49.6 Å². The van der Waals surface area contributed by atoms with Gasteiger partial charge in [-0.25, -0.2) is 0 Å². The van der Waals surface area contributed by atoms with Gasteiger partial charge < -0.3 is 9.80 Å². The van der Waals surface area contributed by atoms with Crippen molar-refractivity contribution in [1.82, 2.24) is 9.80 Å².